The predicted octanol–water partition coefficient (Wildman–Crippen LogP) is 2.31. The summed E-state index contributed by atoms with van der Waals surface area (Å²) in [7, 11) is 4.05. The molecular formula is C20H21ClN3OS2+. The summed E-state index contributed by atoms with van der Waals surface area (Å²) < 4.78 is 5.70. The number of anilines is 1. The Morgan fingerprint density at radius 2 is 1.89 bits per heavy atom. The van der Waals surface area contributed by atoms with Gasteiger partial charge in [0.1, 0.15) is 21.3 Å². The van der Waals surface area contributed by atoms with Gasteiger partial charge in [0.05, 0.1) is 5.69 Å². The third-order valence-corrected chi connectivity index (χ3v) is 7.01. The fraction of sp³-hybridized carbons (Fsp3) is 0.200. The van der Waals surface area contributed by atoms with E-state index >= 15 is 0 Å². The second-order valence-electron chi connectivity index (χ2n) is 6.13. The fourth-order valence-corrected chi connectivity index (χ4v) is 5.54. The highest BCUT2D eigenvalue weighted by atomic mass is 35.5. The summed E-state index contributed by atoms with van der Waals surface area (Å²) in [5.74, 6) is 0. The SMILES string of the molecule is CCn1c(=O)/c(=C2\Sc3ccccc3N2C)s/c1=C\c1cccc[n+]1C.Cl. The van der Waals surface area contributed by atoms with Crippen LogP contribution < -0.4 is 24.2 Å². The van der Waals surface area contributed by atoms with Crippen molar-refractivity contribution in [3.05, 3.63) is 73.9 Å². The maximum atomic E-state index is 13.1. The Labute approximate surface area is 172 Å². The quantitative estimate of drug-likeness (QED) is 0.598. The molecule has 27 heavy (non-hydrogen) atoms. The molecule has 3 aromatic rings. The van der Waals surface area contributed by atoms with Crippen LogP contribution in [0.3, 0.4) is 0 Å². The van der Waals surface area contributed by atoms with Gasteiger partial charge in [-0.15, -0.1) is 23.7 Å². The molecule has 0 radical (unpaired) electrons. The molecule has 0 aliphatic carbocycles. The highest BCUT2D eigenvalue weighted by molar-refractivity contribution is 8.08. The highest BCUT2D eigenvalue weighted by Crippen LogP contribution is 2.44. The first-order valence-electron chi connectivity index (χ1n) is 8.51. The molecule has 0 saturated carbocycles. The Morgan fingerprint density at radius 3 is 2.59 bits per heavy atom. The van der Waals surface area contributed by atoms with E-state index in [4.69, 9.17) is 0 Å². The van der Waals surface area contributed by atoms with Crippen molar-refractivity contribution < 1.29 is 4.57 Å². The van der Waals surface area contributed by atoms with Gasteiger partial charge < -0.3 is 4.90 Å². The number of pyridine rings is 1. The number of aromatic nitrogens is 2. The number of fused-ring (bicyclic) bond motifs is 1. The van der Waals surface area contributed by atoms with Crippen LogP contribution in [0.15, 0.2) is 58.4 Å². The van der Waals surface area contributed by atoms with Crippen molar-refractivity contribution in [2.24, 2.45) is 7.05 Å². The van der Waals surface area contributed by atoms with Crippen LogP contribution in [0.25, 0.3) is 11.1 Å². The summed E-state index contributed by atoms with van der Waals surface area (Å²) in [6.45, 7) is 2.68. The lowest BCUT2D eigenvalue weighted by atomic mass is 10.3. The Hall–Kier alpha value is -2.02. The summed E-state index contributed by atoms with van der Waals surface area (Å²) in [6.07, 6.45) is 4.10. The number of rotatable bonds is 2. The van der Waals surface area contributed by atoms with Gasteiger partial charge in [0.15, 0.2) is 6.20 Å². The van der Waals surface area contributed by atoms with Crippen LogP contribution in [-0.4, -0.2) is 11.6 Å². The van der Waals surface area contributed by atoms with Gasteiger partial charge in [-0.1, -0.05) is 23.9 Å². The summed E-state index contributed by atoms with van der Waals surface area (Å²) in [5, 5.41) is 1.01. The van der Waals surface area contributed by atoms with Gasteiger partial charge >= 0.3 is 0 Å². The first-order valence-corrected chi connectivity index (χ1v) is 10.1. The fourth-order valence-electron chi connectivity index (χ4n) is 3.08. The smallest absolute Gasteiger partial charge is 0.271 e. The van der Waals surface area contributed by atoms with E-state index in [1.165, 1.54) is 4.90 Å². The molecule has 0 spiro atoms. The minimum absolute atomic E-state index is 0. The summed E-state index contributed by atoms with van der Waals surface area (Å²) in [5.41, 5.74) is 2.32. The van der Waals surface area contributed by atoms with Gasteiger partial charge in [-0.3, -0.25) is 9.36 Å². The number of thioether (sulfide) groups is 1. The normalized spacial score (nSPS) is 15.7. The summed E-state index contributed by atoms with van der Waals surface area (Å²) >= 11 is 3.24. The molecule has 0 unspecified atom stereocenters. The van der Waals surface area contributed by atoms with E-state index < -0.39 is 0 Å². The summed E-state index contributed by atoms with van der Waals surface area (Å²) in [6, 6.07) is 14.3. The Morgan fingerprint density at radius 1 is 1.15 bits per heavy atom. The third-order valence-electron chi connectivity index (χ3n) is 4.53. The van der Waals surface area contributed by atoms with Crippen LogP contribution in [0.4, 0.5) is 5.69 Å². The molecule has 7 heteroatoms. The maximum absolute atomic E-state index is 13.1. The van der Waals surface area contributed by atoms with Crippen molar-refractivity contribution in [3.8, 4) is 0 Å². The van der Waals surface area contributed by atoms with E-state index in [1.807, 2.05) is 56.0 Å². The number of halogens is 1. The molecule has 4 nitrogen and oxygen atoms in total. The molecule has 0 amide bonds. The van der Waals surface area contributed by atoms with Crippen molar-refractivity contribution in [1.29, 1.82) is 0 Å². The largest absolute Gasteiger partial charge is 0.337 e. The zero-order valence-corrected chi connectivity index (χ0v) is 17.8. The molecule has 0 bridgehead atoms. The van der Waals surface area contributed by atoms with Crippen molar-refractivity contribution in [2.75, 3.05) is 11.9 Å². The van der Waals surface area contributed by atoms with Crippen molar-refractivity contribution >= 4 is 52.3 Å². The average Bonchev–Trinajstić information content (AvgIpc) is 3.14. The van der Waals surface area contributed by atoms with E-state index in [2.05, 4.69) is 33.7 Å². The third kappa shape index (κ3) is 3.45. The van der Waals surface area contributed by atoms with Gasteiger partial charge in [-0.25, -0.2) is 4.57 Å². The predicted molar refractivity (Wildman–Crippen MR) is 116 cm³/mol. The van der Waals surface area contributed by atoms with Gasteiger partial charge in [-0.05, 0) is 25.1 Å². The molecule has 4 rings (SSSR count). The first kappa shape index (κ1) is 19.7. The lowest BCUT2D eigenvalue weighted by molar-refractivity contribution is -0.673. The zero-order valence-electron chi connectivity index (χ0n) is 15.4. The number of aryl methyl sites for hydroxylation is 1. The van der Waals surface area contributed by atoms with Crippen LogP contribution in [0.5, 0.6) is 0 Å². The van der Waals surface area contributed by atoms with Crippen LogP contribution >= 0.6 is 35.5 Å². The summed E-state index contributed by atoms with van der Waals surface area (Å²) in [4.78, 5) is 16.4. The number of hydrogen-bond donors (Lipinski definition) is 0. The molecule has 0 saturated heterocycles. The molecule has 1 aromatic carbocycles. The van der Waals surface area contributed by atoms with Crippen LogP contribution in [-0.2, 0) is 13.6 Å². The minimum atomic E-state index is 0. The number of nitrogens with zero attached hydrogens (tertiary/aromatic N) is 3. The van der Waals surface area contributed by atoms with Crippen molar-refractivity contribution in [1.82, 2.24) is 4.57 Å². The van der Waals surface area contributed by atoms with E-state index in [9.17, 15) is 4.79 Å². The Balaban J connectivity index is 0.00000210. The molecule has 0 N–H and O–H groups in total. The van der Waals surface area contributed by atoms with Crippen LogP contribution in [0.1, 0.15) is 12.6 Å². The second-order valence-corrected chi connectivity index (χ2v) is 8.19. The number of para-hydroxylation sites is 1. The van der Waals surface area contributed by atoms with Gasteiger partial charge in [0.2, 0.25) is 5.69 Å². The zero-order chi connectivity index (χ0) is 18.3. The van der Waals surface area contributed by atoms with E-state index in [1.54, 1.807) is 23.1 Å². The molecule has 1 aliphatic rings. The van der Waals surface area contributed by atoms with E-state index in [0.29, 0.717) is 6.54 Å². The monoisotopic (exact) mass is 418 g/mol. The number of thiazole rings is 1. The van der Waals surface area contributed by atoms with E-state index in [0.717, 1.165) is 25.6 Å². The first-order chi connectivity index (χ1) is 12.6. The molecule has 140 valence electrons. The van der Waals surface area contributed by atoms with Gasteiger partial charge in [0, 0.05) is 36.7 Å². The lowest BCUT2D eigenvalue weighted by Crippen LogP contribution is -2.34. The maximum Gasteiger partial charge on any atom is 0.271 e. The molecular weight excluding hydrogens is 398 g/mol. The molecule has 2 aromatic heterocycles. The average molecular weight is 419 g/mol. The van der Waals surface area contributed by atoms with Crippen molar-refractivity contribution in [3.63, 3.8) is 0 Å². The van der Waals surface area contributed by atoms with E-state index in [-0.39, 0.29) is 18.0 Å². The molecule has 0 fully saturated rings. The minimum Gasteiger partial charge on any atom is -0.337 e. The molecule has 0 atom stereocenters. The molecule has 1 aliphatic heterocycles. The lowest BCUT2D eigenvalue weighted by Gasteiger charge is -2.11. The van der Waals surface area contributed by atoms with Crippen molar-refractivity contribution in [2.45, 2.75) is 18.4 Å². The number of hydrogen-bond acceptors (Lipinski definition) is 4. The van der Waals surface area contributed by atoms with Gasteiger partial charge in [0.25, 0.3) is 5.56 Å². The number of benzene rings is 1. The Kier molecular flexibility index (Phi) is 5.79. The highest BCUT2D eigenvalue weighted by Gasteiger charge is 2.24. The topological polar surface area (TPSA) is 29.1 Å². The Bertz CT molecular complexity index is 1170. The van der Waals surface area contributed by atoms with Gasteiger partial charge in [-0.2, -0.15) is 0 Å². The van der Waals surface area contributed by atoms with Crippen LogP contribution in [0, 0.1) is 0 Å². The van der Waals surface area contributed by atoms with Crippen LogP contribution in [0.2, 0.25) is 0 Å². The standard InChI is InChI=1S/C20H20N3OS2.ClH/c1-4-23-17(13-14-9-7-8-12-21(14)2)26-18(19(23)24)20-22(3)15-10-5-6-11-16(15)25-20;/h5-13H,4H2,1-3H3;1H/q+1;/b20-18+;. The second kappa shape index (κ2) is 7.92. The molecule has 3 heterocycles.